The van der Waals surface area contributed by atoms with Crippen molar-refractivity contribution in [3.63, 3.8) is 0 Å². The molecule has 1 atom stereocenters. The number of anilines is 1. The molecule has 0 fully saturated rings. The molecule has 1 aliphatic rings. The molecule has 6 heteroatoms. The van der Waals surface area contributed by atoms with E-state index in [1.54, 1.807) is 25.3 Å². The number of hydrogen-bond acceptors (Lipinski definition) is 4. The van der Waals surface area contributed by atoms with Crippen LogP contribution in [0.5, 0.6) is 5.88 Å². The Balaban J connectivity index is 1.81. The number of aromatic nitrogens is 1. The van der Waals surface area contributed by atoms with Crippen molar-refractivity contribution in [2.45, 2.75) is 38.6 Å². The molecule has 1 unspecified atom stereocenters. The first-order chi connectivity index (χ1) is 12.3. The second kappa shape index (κ2) is 7.03. The number of carbonyl (C=O) groups is 1. The minimum absolute atomic E-state index is 0.235. The number of nitrogens with one attached hydrogen (secondary N) is 2. The lowest BCUT2D eigenvalue weighted by Gasteiger charge is -2.26. The average Bonchev–Trinajstić information content (AvgIpc) is 2.59. The van der Waals surface area contributed by atoms with E-state index in [-0.39, 0.29) is 17.1 Å². The third-order valence-corrected chi connectivity index (χ3v) is 4.52. The third-order valence-electron chi connectivity index (χ3n) is 4.52. The first-order valence-corrected chi connectivity index (χ1v) is 8.67. The summed E-state index contributed by atoms with van der Waals surface area (Å²) in [4.78, 5) is 17.1. The first kappa shape index (κ1) is 18.3. The van der Waals surface area contributed by atoms with E-state index in [4.69, 9.17) is 4.74 Å². The Kier molecular flexibility index (Phi) is 4.96. The molecule has 1 aromatic heterocycles. The molecule has 0 bridgehead atoms. The summed E-state index contributed by atoms with van der Waals surface area (Å²) < 4.78 is 19.5. The van der Waals surface area contributed by atoms with Gasteiger partial charge in [0.1, 0.15) is 11.9 Å². The van der Waals surface area contributed by atoms with Crippen LogP contribution in [0.1, 0.15) is 43.6 Å². The van der Waals surface area contributed by atoms with Gasteiger partial charge in [0.15, 0.2) is 0 Å². The van der Waals surface area contributed by atoms with Gasteiger partial charge in [0.2, 0.25) is 11.8 Å². The maximum absolute atomic E-state index is 14.4. The highest BCUT2D eigenvalue weighted by Gasteiger charge is 2.28. The number of nitrogens with zero attached hydrogens (tertiary/aromatic N) is 1. The van der Waals surface area contributed by atoms with Crippen LogP contribution in [0.3, 0.4) is 0 Å². The standard InChI is InChI=1S/C20H24FN3O2/c1-20(2,3)14-7-5-12(11-15(14)21)23-19(25)18-13-6-8-17(26-4)24-16(13)9-10-22-18/h5-8,11,18,22H,9-10H2,1-4H3,(H,23,25). The molecule has 138 valence electrons. The molecule has 2 heterocycles. The fourth-order valence-electron chi connectivity index (χ4n) is 3.16. The predicted molar refractivity (Wildman–Crippen MR) is 99.0 cm³/mol. The zero-order valence-electron chi connectivity index (χ0n) is 15.5. The van der Waals surface area contributed by atoms with Crippen molar-refractivity contribution in [3.8, 4) is 5.88 Å². The van der Waals surface area contributed by atoms with E-state index in [1.807, 2.05) is 26.8 Å². The van der Waals surface area contributed by atoms with Crippen LogP contribution in [-0.2, 0) is 16.6 Å². The van der Waals surface area contributed by atoms with Crippen LogP contribution in [0, 0.1) is 5.82 Å². The molecule has 0 radical (unpaired) electrons. The molecule has 0 saturated carbocycles. The van der Waals surface area contributed by atoms with Crippen LogP contribution in [0.15, 0.2) is 30.3 Å². The summed E-state index contributed by atoms with van der Waals surface area (Å²) in [7, 11) is 1.57. The van der Waals surface area contributed by atoms with E-state index in [0.717, 1.165) is 17.7 Å². The van der Waals surface area contributed by atoms with Crippen LogP contribution in [0.4, 0.5) is 10.1 Å². The van der Waals surface area contributed by atoms with Crippen LogP contribution >= 0.6 is 0 Å². The van der Waals surface area contributed by atoms with Crippen LogP contribution in [0.2, 0.25) is 0 Å². The summed E-state index contributed by atoms with van der Waals surface area (Å²) in [5, 5.41) is 6.00. The lowest BCUT2D eigenvalue weighted by atomic mass is 9.86. The smallest absolute Gasteiger partial charge is 0.246 e. The van der Waals surface area contributed by atoms with Crippen molar-refractivity contribution < 1.29 is 13.9 Å². The molecule has 1 aromatic carbocycles. The molecular formula is C20H24FN3O2. The molecule has 0 aliphatic carbocycles. The quantitative estimate of drug-likeness (QED) is 0.884. The van der Waals surface area contributed by atoms with E-state index in [2.05, 4.69) is 15.6 Å². The summed E-state index contributed by atoms with van der Waals surface area (Å²) in [5.41, 5.74) is 2.43. The summed E-state index contributed by atoms with van der Waals surface area (Å²) in [6.07, 6.45) is 0.727. The molecule has 26 heavy (non-hydrogen) atoms. The van der Waals surface area contributed by atoms with Crippen LogP contribution < -0.4 is 15.4 Å². The van der Waals surface area contributed by atoms with Gasteiger partial charge in [-0.15, -0.1) is 0 Å². The fraction of sp³-hybridized carbons (Fsp3) is 0.400. The molecular weight excluding hydrogens is 333 g/mol. The molecule has 1 amide bonds. The van der Waals surface area contributed by atoms with E-state index < -0.39 is 6.04 Å². The molecule has 3 rings (SSSR count). The number of ether oxygens (including phenoxy) is 1. The minimum Gasteiger partial charge on any atom is -0.481 e. The average molecular weight is 357 g/mol. The topological polar surface area (TPSA) is 63.2 Å². The molecule has 2 aromatic rings. The van der Waals surface area contributed by atoms with Crippen LogP contribution in [0.25, 0.3) is 0 Å². The number of halogens is 1. The van der Waals surface area contributed by atoms with Gasteiger partial charge in [-0.1, -0.05) is 26.8 Å². The van der Waals surface area contributed by atoms with Gasteiger partial charge >= 0.3 is 0 Å². The van der Waals surface area contributed by atoms with Gasteiger partial charge in [0, 0.05) is 30.3 Å². The molecule has 5 nitrogen and oxygen atoms in total. The summed E-state index contributed by atoms with van der Waals surface area (Å²) in [5.74, 6) is -0.0239. The van der Waals surface area contributed by atoms with Crippen molar-refractivity contribution in [1.82, 2.24) is 10.3 Å². The molecule has 2 N–H and O–H groups in total. The van der Waals surface area contributed by atoms with E-state index in [0.29, 0.717) is 23.7 Å². The predicted octanol–water partition coefficient (Wildman–Crippen LogP) is 3.35. The van der Waals surface area contributed by atoms with Gasteiger partial charge in [0.05, 0.1) is 12.8 Å². The molecule has 1 aliphatic heterocycles. The Bertz CT molecular complexity index is 830. The Morgan fingerprint density at radius 3 is 2.73 bits per heavy atom. The molecule has 0 spiro atoms. The summed E-state index contributed by atoms with van der Waals surface area (Å²) >= 11 is 0. The number of carbonyl (C=O) groups excluding carboxylic acids is 1. The number of benzene rings is 1. The summed E-state index contributed by atoms with van der Waals surface area (Å²) in [6, 6.07) is 7.89. The van der Waals surface area contributed by atoms with E-state index in [9.17, 15) is 9.18 Å². The highest BCUT2D eigenvalue weighted by molar-refractivity contribution is 5.95. The van der Waals surface area contributed by atoms with Gasteiger partial charge in [-0.2, -0.15) is 0 Å². The number of fused-ring (bicyclic) bond motifs is 1. The third kappa shape index (κ3) is 3.70. The lowest BCUT2D eigenvalue weighted by Crippen LogP contribution is -2.38. The number of pyridine rings is 1. The highest BCUT2D eigenvalue weighted by atomic mass is 19.1. The first-order valence-electron chi connectivity index (χ1n) is 8.67. The second-order valence-electron chi connectivity index (χ2n) is 7.46. The van der Waals surface area contributed by atoms with Crippen molar-refractivity contribution in [2.75, 3.05) is 19.0 Å². The zero-order valence-corrected chi connectivity index (χ0v) is 15.5. The monoisotopic (exact) mass is 357 g/mol. The highest BCUT2D eigenvalue weighted by Crippen LogP contribution is 2.28. The van der Waals surface area contributed by atoms with Crippen molar-refractivity contribution >= 4 is 11.6 Å². The van der Waals surface area contributed by atoms with Gasteiger partial charge in [0.25, 0.3) is 0 Å². The van der Waals surface area contributed by atoms with E-state index >= 15 is 0 Å². The lowest BCUT2D eigenvalue weighted by molar-refractivity contribution is -0.118. The Morgan fingerprint density at radius 2 is 2.08 bits per heavy atom. The number of methoxy groups -OCH3 is 1. The normalized spacial score (nSPS) is 16.7. The van der Waals surface area contributed by atoms with Crippen LogP contribution in [-0.4, -0.2) is 24.5 Å². The maximum atomic E-state index is 14.4. The number of amides is 1. The maximum Gasteiger partial charge on any atom is 0.246 e. The zero-order chi connectivity index (χ0) is 18.9. The fourth-order valence-corrected chi connectivity index (χ4v) is 3.16. The second-order valence-corrected chi connectivity index (χ2v) is 7.46. The Labute approximate surface area is 153 Å². The van der Waals surface area contributed by atoms with Gasteiger partial charge in [-0.3, -0.25) is 4.79 Å². The molecule has 0 saturated heterocycles. The van der Waals surface area contributed by atoms with Gasteiger partial charge in [-0.25, -0.2) is 9.37 Å². The Hall–Kier alpha value is -2.47. The Morgan fingerprint density at radius 1 is 1.31 bits per heavy atom. The van der Waals surface area contributed by atoms with E-state index in [1.165, 1.54) is 6.07 Å². The number of hydrogen-bond donors (Lipinski definition) is 2. The van der Waals surface area contributed by atoms with Crippen molar-refractivity contribution in [3.05, 3.63) is 53.0 Å². The van der Waals surface area contributed by atoms with Crippen molar-refractivity contribution in [1.29, 1.82) is 0 Å². The van der Waals surface area contributed by atoms with Gasteiger partial charge in [-0.05, 0) is 29.2 Å². The minimum atomic E-state index is -0.525. The van der Waals surface area contributed by atoms with Crippen molar-refractivity contribution in [2.24, 2.45) is 0 Å². The SMILES string of the molecule is COc1ccc2c(n1)CCNC2C(=O)Nc1ccc(C(C)(C)C)c(F)c1. The van der Waals surface area contributed by atoms with Gasteiger partial charge < -0.3 is 15.4 Å². The largest absolute Gasteiger partial charge is 0.481 e. The summed E-state index contributed by atoms with van der Waals surface area (Å²) in [6.45, 7) is 6.50. The number of rotatable bonds is 3.